The Labute approximate surface area is 121 Å². The molecule has 0 saturated heterocycles. The zero-order valence-electron chi connectivity index (χ0n) is 11.5. The van der Waals surface area contributed by atoms with Crippen LogP contribution in [-0.4, -0.2) is 30.7 Å². The van der Waals surface area contributed by atoms with Gasteiger partial charge in [0.05, 0.1) is 6.42 Å². The van der Waals surface area contributed by atoms with Crippen LogP contribution in [0.2, 0.25) is 0 Å². The summed E-state index contributed by atoms with van der Waals surface area (Å²) in [6.07, 6.45) is 5.40. The van der Waals surface area contributed by atoms with Gasteiger partial charge in [-0.25, -0.2) is 0 Å². The second-order valence-electron chi connectivity index (χ2n) is 3.92. The van der Waals surface area contributed by atoms with Crippen molar-refractivity contribution < 1.29 is 33.9 Å². The maximum absolute atomic E-state index is 11.3. The number of nitrogens with one attached hydrogen (secondary N) is 2. The number of hydrogen-bond donors (Lipinski definition) is 3. The summed E-state index contributed by atoms with van der Waals surface area (Å²) in [5, 5.41) is 25.5. The van der Waals surface area contributed by atoms with E-state index in [2.05, 4.69) is 17.6 Å². The zero-order valence-corrected chi connectivity index (χ0v) is 11.5. The molecule has 0 aliphatic heterocycles. The first-order valence-electron chi connectivity index (χ1n) is 6.18. The predicted molar refractivity (Wildman–Crippen MR) is 65.4 cm³/mol. The third-order valence-corrected chi connectivity index (χ3v) is 2.25. The van der Waals surface area contributed by atoms with Crippen LogP contribution in [-0.2, 0) is 4.79 Å². The number of allylic oxidation sites excluding steroid dienone is 1. The Morgan fingerprint density at radius 3 is 2.56 bits per heavy atom. The molecule has 0 aromatic rings. The molecule has 0 atom stereocenters. The van der Waals surface area contributed by atoms with Crippen molar-refractivity contribution in [3.05, 3.63) is 12.0 Å². The summed E-state index contributed by atoms with van der Waals surface area (Å²) in [6, 6.07) is 0. The standard InChI is InChI=1S/C12H24N2O3.Li/c1-2-3-4-5-11(15)10-14-9-8-13-7-6-12(16)17;/h10,13-15H,2-9H2,1H3,(H,16,17);/q;+1/p-1/b11-10-;. The number of hydrogen-bond acceptors (Lipinski definition) is 4. The largest absolute Gasteiger partial charge is 1.00 e. The molecule has 0 aliphatic carbocycles. The fraction of sp³-hybridized carbons (Fsp3) is 0.750. The summed E-state index contributed by atoms with van der Waals surface area (Å²) < 4.78 is 0. The van der Waals surface area contributed by atoms with Crippen molar-refractivity contribution in [1.82, 2.24) is 10.6 Å². The van der Waals surface area contributed by atoms with Gasteiger partial charge < -0.3 is 20.8 Å². The van der Waals surface area contributed by atoms with Crippen LogP contribution in [0.3, 0.4) is 0 Å². The van der Waals surface area contributed by atoms with Crippen LogP contribution in [0.4, 0.5) is 0 Å². The van der Waals surface area contributed by atoms with Gasteiger partial charge in [-0.05, 0) is 12.6 Å². The molecule has 0 rings (SSSR count). The first kappa shape index (κ1) is 19.7. The summed E-state index contributed by atoms with van der Waals surface area (Å²) in [6.45, 7) is 3.86. The number of carboxylic acids is 1. The Morgan fingerprint density at radius 2 is 1.94 bits per heavy atom. The number of aliphatic carboxylic acids is 1. The SMILES string of the molecule is CCCCC/C([O-])=C/NCCNCCC(=O)O.[Li+]. The minimum absolute atomic E-state index is 0. The topological polar surface area (TPSA) is 84.4 Å². The van der Waals surface area contributed by atoms with Crippen LogP contribution in [0.25, 0.3) is 0 Å². The predicted octanol–water partition coefficient (Wildman–Crippen LogP) is -2.57. The monoisotopic (exact) mass is 250 g/mol. The fourth-order valence-electron chi connectivity index (χ4n) is 1.29. The molecule has 0 aromatic heterocycles. The molecule has 0 aliphatic rings. The maximum atomic E-state index is 11.3. The molecule has 0 aromatic carbocycles. The van der Waals surface area contributed by atoms with Gasteiger partial charge in [-0.1, -0.05) is 26.2 Å². The molecule has 18 heavy (non-hydrogen) atoms. The third kappa shape index (κ3) is 15.4. The van der Waals surface area contributed by atoms with E-state index in [0.29, 0.717) is 26.1 Å². The van der Waals surface area contributed by atoms with Crippen molar-refractivity contribution in [2.45, 2.75) is 39.0 Å². The first-order valence-corrected chi connectivity index (χ1v) is 6.18. The summed E-state index contributed by atoms with van der Waals surface area (Å²) in [5.74, 6) is -0.674. The number of carbonyl (C=O) groups is 1. The summed E-state index contributed by atoms with van der Waals surface area (Å²) >= 11 is 0. The van der Waals surface area contributed by atoms with Gasteiger partial charge in [0.1, 0.15) is 0 Å². The van der Waals surface area contributed by atoms with E-state index in [1.165, 1.54) is 6.20 Å². The molecule has 3 N–H and O–H groups in total. The van der Waals surface area contributed by atoms with Gasteiger partial charge in [-0.3, -0.25) is 4.79 Å². The molecule has 0 unspecified atom stereocenters. The molecule has 0 fully saturated rings. The molecule has 100 valence electrons. The van der Waals surface area contributed by atoms with Gasteiger partial charge in [0.2, 0.25) is 0 Å². The van der Waals surface area contributed by atoms with E-state index in [4.69, 9.17) is 5.11 Å². The molecule has 0 saturated carbocycles. The van der Waals surface area contributed by atoms with Crippen molar-refractivity contribution in [3.8, 4) is 0 Å². The number of rotatable bonds is 11. The van der Waals surface area contributed by atoms with E-state index >= 15 is 0 Å². The normalized spacial score (nSPS) is 10.8. The Kier molecular flexibility index (Phi) is 15.8. The van der Waals surface area contributed by atoms with Crippen molar-refractivity contribution in [3.63, 3.8) is 0 Å². The van der Waals surface area contributed by atoms with Crippen LogP contribution in [0.5, 0.6) is 0 Å². The van der Waals surface area contributed by atoms with Crippen LogP contribution in [0.1, 0.15) is 39.0 Å². The van der Waals surface area contributed by atoms with Crippen LogP contribution in [0, 0.1) is 0 Å². The molecule has 0 radical (unpaired) electrons. The van der Waals surface area contributed by atoms with E-state index < -0.39 is 5.97 Å². The molecular weight excluding hydrogens is 227 g/mol. The molecule has 0 heterocycles. The van der Waals surface area contributed by atoms with Crippen LogP contribution >= 0.6 is 0 Å². The smallest absolute Gasteiger partial charge is 0.874 e. The Balaban J connectivity index is 0. The second-order valence-corrected chi connectivity index (χ2v) is 3.92. The molecule has 6 heteroatoms. The maximum Gasteiger partial charge on any atom is 1.00 e. The Bertz CT molecular complexity index is 235. The van der Waals surface area contributed by atoms with Gasteiger partial charge in [-0.2, -0.15) is 0 Å². The summed E-state index contributed by atoms with van der Waals surface area (Å²) in [4.78, 5) is 10.2. The average molecular weight is 250 g/mol. The summed E-state index contributed by atoms with van der Waals surface area (Å²) in [7, 11) is 0. The number of carboxylic acid groups (broad SMARTS) is 1. The molecular formula is C12H23LiN2O3. The third-order valence-electron chi connectivity index (χ3n) is 2.25. The van der Waals surface area contributed by atoms with E-state index in [-0.39, 0.29) is 31.0 Å². The van der Waals surface area contributed by atoms with E-state index in [0.717, 1.165) is 19.3 Å². The van der Waals surface area contributed by atoms with E-state index in [1.54, 1.807) is 0 Å². The van der Waals surface area contributed by atoms with Crippen molar-refractivity contribution in [2.75, 3.05) is 19.6 Å². The molecule has 5 nitrogen and oxygen atoms in total. The molecule has 0 bridgehead atoms. The van der Waals surface area contributed by atoms with Gasteiger partial charge in [-0.15, -0.1) is 5.76 Å². The van der Waals surface area contributed by atoms with Crippen LogP contribution < -0.4 is 34.6 Å². The van der Waals surface area contributed by atoms with E-state index in [9.17, 15) is 9.90 Å². The van der Waals surface area contributed by atoms with E-state index in [1.807, 2.05) is 0 Å². The first-order chi connectivity index (χ1) is 8.16. The molecule has 0 amide bonds. The zero-order chi connectivity index (χ0) is 12.9. The number of unbranched alkanes of at least 4 members (excludes halogenated alkanes) is 2. The molecule has 0 spiro atoms. The van der Waals surface area contributed by atoms with Gasteiger partial charge >= 0.3 is 24.8 Å². The van der Waals surface area contributed by atoms with Crippen molar-refractivity contribution in [1.29, 1.82) is 0 Å². The van der Waals surface area contributed by atoms with Gasteiger partial charge in [0.15, 0.2) is 0 Å². The minimum atomic E-state index is -0.803. The Morgan fingerprint density at radius 1 is 1.22 bits per heavy atom. The van der Waals surface area contributed by atoms with Crippen molar-refractivity contribution in [2.24, 2.45) is 0 Å². The van der Waals surface area contributed by atoms with Crippen molar-refractivity contribution >= 4 is 5.97 Å². The van der Waals surface area contributed by atoms with Crippen LogP contribution in [0.15, 0.2) is 12.0 Å². The summed E-state index contributed by atoms with van der Waals surface area (Å²) in [5.41, 5.74) is 0. The minimum Gasteiger partial charge on any atom is -0.874 e. The Hall–Kier alpha value is -0.633. The second kappa shape index (κ2) is 14.4. The van der Waals surface area contributed by atoms with Gasteiger partial charge in [0, 0.05) is 19.6 Å². The quantitative estimate of drug-likeness (QED) is 0.213. The fourth-order valence-corrected chi connectivity index (χ4v) is 1.29. The van der Waals surface area contributed by atoms with Gasteiger partial charge in [0.25, 0.3) is 0 Å². The average Bonchev–Trinajstić information content (AvgIpc) is 2.28.